The first kappa shape index (κ1) is 25.6. The van der Waals surface area contributed by atoms with Gasteiger partial charge in [-0.1, -0.05) is 121 Å². The minimum absolute atomic E-state index is 0.157. The van der Waals surface area contributed by atoms with E-state index in [0.29, 0.717) is 12.8 Å². The van der Waals surface area contributed by atoms with Crippen molar-refractivity contribution in [3.8, 4) is 5.75 Å². The Kier molecular flexibility index (Phi) is 7.60. The molecule has 0 bridgehead atoms. The molecule has 0 saturated heterocycles. The average molecular weight is 621 g/mol. The van der Waals surface area contributed by atoms with Gasteiger partial charge in [0.15, 0.2) is 5.78 Å². The maximum atomic E-state index is 13.7. The van der Waals surface area contributed by atoms with E-state index in [2.05, 4.69) is 126 Å². The Morgan fingerprint density at radius 1 is 0.615 bits per heavy atom. The van der Waals surface area contributed by atoms with E-state index in [-0.39, 0.29) is 11.9 Å². The molecule has 0 N–H and O–H groups in total. The molecule has 3 heteroatoms. The van der Waals surface area contributed by atoms with Gasteiger partial charge in [0.25, 0.3) is 0 Å². The smallest absolute Gasteiger partial charge is 0.170 e. The van der Waals surface area contributed by atoms with Crippen LogP contribution in [0.25, 0.3) is 0 Å². The van der Waals surface area contributed by atoms with Gasteiger partial charge in [-0.05, 0) is 80.8 Å². The van der Waals surface area contributed by atoms with Crippen molar-refractivity contribution in [2.45, 2.75) is 31.8 Å². The van der Waals surface area contributed by atoms with Crippen molar-refractivity contribution in [2.24, 2.45) is 0 Å². The molecule has 192 valence electrons. The lowest BCUT2D eigenvalue weighted by Gasteiger charge is -2.29. The minimum atomic E-state index is -0.291. The van der Waals surface area contributed by atoms with Crippen molar-refractivity contribution in [3.05, 3.63) is 169 Å². The molecule has 0 fully saturated rings. The molecule has 6 rings (SSSR count). The molecule has 1 aliphatic rings. The van der Waals surface area contributed by atoms with E-state index in [1.807, 2.05) is 18.2 Å². The Morgan fingerprint density at radius 3 is 1.67 bits per heavy atom. The molecular formula is C36H29IO2. The van der Waals surface area contributed by atoms with E-state index >= 15 is 0 Å². The second-order valence-corrected chi connectivity index (χ2v) is 11.3. The zero-order valence-corrected chi connectivity index (χ0v) is 23.8. The highest BCUT2D eigenvalue weighted by atomic mass is 127. The molecule has 0 amide bonds. The zero-order valence-electron chi connectivity index (χ0n) is 21.6. The number of Topliss-reactive ketones (excluding diaryl/α,β-unsaturated/α-hetero) is 1. The molecule has 1 unspecified atom stereocenters. The van der Waals surface area contributed by atoms with Crippen LogP contribution in [0.15, 0.2) is 121 Å². The predicted molar refractivity (Wildman–Crippen MR) is 166 cm³/mol. The molecule has 1 aliphatic heterocycles. The molecule has 0 spiro atoms. The minimum Gasteiger partial charge on any atom is -0.483 e. The second-order valence-electron chi connectivity index (χ2n) is 10.2. The zero-order chi connectivity index (χ0) is 26.6. The highest BCUT2D eigenvalue weighted by Crippen LogP contribution is 2.42. The topological polar surface area (TPSA) is 26.3 Å². The highest BCUT2D eigenvalue weighted by molar-refractivity contribution is 14.1. The molecule has 0 aromatic heterocycles. The van der Waals surface area contributed by atoms with Crippen LogP contribution < -0.4 is 4.74 Å². The summed E-state index contributed by atoms with van der Waals surface area (Å²) in [6.45, 7) is 0. The maximum absolute atomic E-state index is 13.7. The predicted octanol–water partition coefficient (Wildman–Crippen LogP) is 8.77. The van der Waals surface area contributed by atoms with Crippen molar-refractivity contribution in [1.29, 1.82) is 0 Å². The van der Waals surface area contributed by atoms with E-state index < -0.39 is 0 Å². The number of hydrogen-bond donors (Lipinski definition) is 0. The molecule has 39 heavy (non-hydrogen) atoms. The van der Waals surface area contributed by atoms with Gasteiger partial charge in [-0.2, -0.15) is 0 Å². The molecule has 0 radical (unpaired) electrons. The van der Waals surface area contributed by atoms with Crippen LogP contribution in [0.3, 0.4) is 0 Å². The first-order valence-corrected chi connectivity index (χ1v) is 14.5. The van der Waals surface area contributed by atoms with Crippen LogP contribution in [0.2, 0.25) is 0 Å². The summed E-state index contributed by atoms with van der Waals surface area (Å²) in [6, 6.07) is 42.1. The molecule has 1 heterocycles. The quantitative estimate of drug-likeness (QED) is 0.170. The van der Waals surface area contributed by atoms with Gasteiger partial charge in [-0.25, -0.2) is 0 Å². The van der Waals surface area contributed by atoms with Crippen molar-refractivity contribution < 1.29 is 9.53 Å². The first-order chi connectivity index (χ1) is 19.1. The van der Waals surface area contributed by atoms with Gasteiger partial charge in [0, 0.05) is 0 Å². The van der Waals surface area contributed by atoms with Gasteiger partial charge in [0.1, 0.15) is 11.9 Å². The summed E-state index contributed by atoms with van der Waals surface area (Å²) in [4.78, 5) is 13.7. The lowest BCUT2D eigenvalue weighted by Crippen LogP contribution is -2.23. The van der Waals surface area contributed by atoms with E-state index in [4.69, 9.17) is 4.74 Å². The standard InChI is InChI=1S/C36H29IO2/c37-35-31(22-27-14-8-3-9-15-27)23-30(21-26-12-6-2-7-13-26)34-32(38)24-33(39-36(34)35)29-18-16-28(17-19-29)20-25-10-4-1-5-11-25/h1-19,23,33H,20-22,24H2. The van der Waals surface area contributed by atoms with Crippen molar-refractivity contribution >= 4 is 28.4 Å². The summed E-state index contributed by atoms with van der Waals surface area (Å²) < 4.78 is 7.74. The lowest BCUT2D eigenvalue weighted by atomic mass is 9.88. The normalized spacial score (nSPS) is 14.5. The second kappa shape index (κ2) is 11.6. The number of carbonyl (C=O) groups is 1. The molecule has 1 atom stereocenters. The monoisotopic (exact) mass is 620 g/mol. The van der Waals surface area contributed by atoms with Crippen molar-refractivity contribution in [1.82, 2.24) is 0 Å². The summed E-state index contributed by atoms with van der Waals surface area (Å²) in [5.41, 5.74) is 9.00. The molecule has 0 saturated carbocycles. The third kappa shape index (κ3) is 5.84. The SMILES string of the molecule is O=C1CC(c2ccc(Cc3ccccc3)cc2)Oc2c(I)c(Cc3ccccc3)cc(Cc3ccccc3)c21. The van der Waals surface area contributed by atoms with Gasteiger partial charge < -0.3 is 4.74 Å². The van der Waals surface area contributed by atoms with Crippen LogP contribution in [0.1, 0.15) is 61.8 Å². The Bertz CT molecular complexity index is 1580. The van der Waals surface area contributed by atoms with Crippen LogP contribution in [-0.4, -0.2) is 5.78 Å². The fraction of sp³-hybridized carbons (Fsp3) is 0.139. The molecule has 0 aliphatic carbocycles. The summed E-state index contributed by atoms with van der Waals surface area (Å²) in [7, 11) is 0. The van der Waals surface area contributed by atoms with Gasteiger partial charge in [-0.3, -0.25) is 4.79 Å². The number of carbonyl (C=O) groups excluding carboxylic acids is 1. The number of benzene rings is 5. The number of fused-ring (bicyclic) bond motifs is 1. The van der Waals surface area contributed by atoms with Gasteiger partial charge in [0.05, 0.1) is 15.6 Å². The summed E-state index contributed by atoms with van der Waals surface area (Å²) >= 11 is 2.38. The Labute approximate surface area is 243 Å². The third-order valence-corrected chi connectivity index (χ3v) is 8.55. The molecule has 5 aromatic carbocycles. The third-order valence-electron chi connectivity index (χ3n) is 7.37. The number of hydrogen-bond acceptors (Lipinski definition) is 2. The Balaban J connectivity index is 1.33. The van der Waals surface area contributed by atoms with Crippen LogP contribution in [0.5, 0.6) is 5.75 Å². The highest BCUT2D eigenvalue weighted by Gasteiger charge is 2.32. The fourth-order valence-electron chi connectivity index (χ4n) is 5.39. The van der Waals surface area contributed by atoms with Gasteiger partial charge in [-0.15, -0.1) is 0 Å². The molecular weight excluding hydrogens is 591 g/mol. The van der Waals surface area contributed by atoms with Gasteiger partial charge >= 0.3 is 0 Å². The van der Waals surface area contributed by atoms with Crippen LogP contribution in [0.4, 0.5) is 0 Å². The first-order valence-electron chi connectivity index (χ1n) is 13.4. The number of halogens is 1. The fourth-order valence-corrected chi connectivity index (χ4v) is 6.13. The molecule has 2 nitrogen and oxygen atoms in total. The van der Waals surface area contributed by atoms with Crippen LogP contribution in [-0.2, 0) is 19.3 Å². The number of ether oxygens (including phenoxy) is 1. The Morgan fingerprint density at radius 2 is 1.10 bits per heavy atom. The maximum Gasteiger partial charge on any atom is 0.170 e. The summed E-state index contributed by atoms with van der Waals surface area (Å²) in [5, 5.41) is 0. The Hall–Kier alpha value is -3.70. The summed E-state index contributed by atoms with van der Waals surface area (Å²) in [5.74, 6) is 0.897. The average Bonchev–Trinajstić information content (AvgIpc) is 2.97. The summed E-state index contributed by atoms with van der Waals surface area (Å²) in [6.07, 6.45) is 2.44. The number of rotatable bonds is 7. The van der Waals surface area contributed by atoms with Crippen LogP contribution >= 0.6 is 22.6 Å². The van der Waals surface area contributed by atoms with E-state index in [0.717, 1.165) is 38.9 Å². The van der Waals surface area contributed by atoms with E-state index in [9.17, 15) is 4.79 Å². The lowest BCUT2D eigenvalue weighted by molar-refractivity contribution is 0.0846. The van der Waals surface area contributed by atoms with Crippen molar-refractivity contribution in [2.75, 3.05) is 0 Å². The van der Waals surface area contributed by atoms with E-state index in [1.54, 1.807) is 0 Å². The van der Waals surface area contributed by atoms with Gasteiger partial charge in [0.2, 0.25) is 0 Å². The number of ketones is 1. The van der Waals surface area contributed by atoms with Crippen LogP contribution in [0, 0.1) is 3.57 Å². The van der Waals surface area contributed by atoms with E-state index in [1.165, 1.54) is 27.8 Å². The van der Waals surface area contributed by atoms with Crippen molar-refractivity contribution in [3.63, 3.8) is 0 Å². The largest absolute Gasteiger partial charge is 0.483 e. The molecule has 5 aromatic rings.